The van der Waals surface area contributed by atoms with Gasteiger partial charge in [-0.15, -0.1) is 0 Å². The highest BCUT2D eigenvalue weighted by Crippen LogP contribution is 2.06. The predicted molar refractivity (Wildman–Crippen MR) is 58.3 cm³/mol. The Bertz CT molecular complexity index is 410. The Morgan fingerprint density at radius 3 is 1.94 bits per heavy atom. The molecule has 2 rings (SSSR count). The summed E-state index contributed by atoms with van der Waals surface area (Å²) >= 11 is 1.95. The molecule has 0 aliphatic heterocycles. The van der Waals surface area contributed by atoms with Gasteiger partial charge in [0.1, 0.15) is 0 Å². The summed E-state index contributed by atoms with van der Waals surface area (Å²) in [5, 5.41) is 2.15. The van der Waals surface area contributed by atoms with Gasteiger partial charge in [-0.1, -0.05) is 29.5 Å². The van der Waals surface area contributed by atoms with Crippen molar-refractivity contribution in [2.45, 2.75) is 0 Å². The van der Waals surface area contributed by atoms with E-state index in [-0.39, 0.29) is 21.2 Å². The molecule has 1 aromatic heterocycles. The van der Waals surface area contributed by atoms with Crippen LogP contribution in [0, 0.1) is 6.45 Å². The van der Waals surface area contributed by atoms with Crippen molar-refractivity contribution >= 4 is 18.6 Å². The van der Waals surface area contributed by atoms with Crippen LogP contribution in [0.3, 0.4) is 0 Å². The molecule has 0 N–H and O–H groups in total. The summed E-state index contributed by atoms with van der Waals surface area (Å²) in [6.45, 7) is 0. The number of benzene rings is 1. The molecule has 0 atom stereocenters. The molecule has 92 valence electrons. The minimum Gasteiger partial charge on any atom is -0.418 e. The molecular weight excluding hydrogens is 366 g/mol. The van der Waals surface area contributed by atoms with Gasteiger partial charge in [-0.2, -0.15) is 0 Å². The third-order valence-electron chi connectivity index (χ3n) is 1.42. The third kappa shape index (κ3) is 8.20. The lowest BCUT2D eigenvalue weighted by molar-refractivity contribution is -0.591. The van der Waals surface area contributed by atoms with Crippen molar-refractivity contribution in [2.24, 2.45) is 0 Å². The fraction of sp³-hybridized carbons (Fsp3) is 0. The van der Waals surface area contributed by atoms with Gasteiger partial charge in [0.25, 0.3) is 0 Å². The highest BCUT2D eigenvalue weighted by Gasteiger charge is 2.20. The summed E-state index contributed by atoms with van der Waals surface area (Å²) in [6.07, 6.45) is 0. The van der Waals surface area contributed by atoms with Crippen LogP contribution in [0.15, 0.2) is 47.8 Å². The summed E-state index contributed by atoms with van der Waals surface area (Å²) in [6, 6.07) is 15.1. The van der Waals surface area contributed by atoms with Gasteiger partial charge in [0.2, 0.25) is 2.88 Å². The Morgan fingerprint density at radius 1 is 0.882 bits per heavy atom. The fourth-order valence-corrected chi connectivity index (χ4v) is 4.58. The van der Waals surface area contributed by atoms with Crippen molar-refractivity contribution in [1.29, 1.82) is 0 Å². The molecule has 0 unspecified atom stereocenters. The van der Waals surface area contributed by atoms with Gasteiger partial charge in [-0.3, -0.25) is 0 Å². The Balaban J connectivity index is 0.000000249. The summed E-state index contributed by atoms with van der Waals surface area (Å²) in [4.78, 5) is 0. The van der Waals surface area contributed by atoms with E-state index in [2.05, 4.69) is 47.8 Å². The van der Waals surface area contributed by atoms with Gasteiger partial charge in [-0.05, 0) is 23.6 Å². The van der Waals surface area contributed by atoms with Crippen molar-refractivity contribution in [3.8, 4) is 0 Å². The van der Waals surface area contributed by atoms with Crippen molar-refractivity contribution in [1.82, 2.24) is 0 Å². The minimum absolute atomic E-state index is 0.0848. The normalized spacial score (nSPS) is 10.6. The fourth-order valence-electron chi connectivity index (χ4n) is 0.897. The van der Waals surface area contributed by atoms with Crippen LogP contribution in [-0.4, -0.2) is 7.25 Å². The molecule has 7 heteroatoms. The number of hydrogen-bond donors (Lipinski definition) is 0. The van der Waals surface area contributed by atoms with Crippen molar-refractivity contribution in [3.05, 3.63) is 54.3 Å². The van der Waals surface area contributed by atoms with Gasteiger partial charge in [0.05, 0.1) is 0 Å². The molecule has 0 bridgehead atoms. The smallest absolute Gasteiger partial charge is 0.418 e. The van der Waals surface area contributed by atoms with Gasteiger partial charge in [-0.25, -0.2) is 0 Å². The van der Waals surface area contributed by atoms with E-state index >= 15 is 0 Å². The zero-order valence-electron chi connectivity index (χ0n) is 8.49. The molecule has 0 radical (unpaired) electrons. The highest BCUT2D eigenvalue weighted by atomic mass is 127. The molecule has 17 heavy (non-hydrogen) atoms. The molecule has 0 amide bonds. The molecule has 0 nitrogen and oxygen atoms in total. The molecule has 0 saturated carbocycles. The number of rotatable bonds is 2. The topological polar surface area (TPSA) is 0 Å². The first kappa shape index (κ1) is 14.5. The second-order valence-electron chi connectivity index (χ2n) is 2.80. The van der Waals surface area contributed by atoms with E-state index < -0.39 is 7.25 Å². The van der Waals surface area contributed by atoms with E-state index in [0.717, 1.165) is 0 Å². The molecule has 0 saturated heterocycles. The molecular formula is C10H8BF4IS. The predicted octanol–water partition coefficient (Wildman–Crippen LogP) is 1.18. The first-order chi connectivity index (χ1) is 7.95. The Morgan fingerprint density at radius 2 is 1.47 bits per heavy atom. The van der Waals surface area contributed by atoms with Gasteiger partial charge >= 0.3 is 28.5 Å². The van der Waals surface area contributed by atoms with E-state index in [1.165, 1.54) is 3.57 Å². The van der Waals surface area contributed by atoms with Crippen LogP contribution in [-0.2, 0) is 0 Å². The number of thiophene rings is 1. The average Bonchev–Trinajstić information content (AvgIpc) is 2.69. The lowest BCUT2D eigenvalue weighted by Gasteiger charge is -1.94. The number of halogens is 5. The van der Waals surface area contributed by atoms with E-state index in [9.17, 15) is 17.3 Å². The van der Waals surface area contributed by atoms with E-state index in [4.69, 9.17) is 0 Å². The molecule has 0 fully saturated rings. The maximum atomic E-state index is 9.75. The highest BCUT2D eigenvalue weighted by molar-refractivity contribution is 7.07. The van der Waals surface area contributed by atoms with Crippen molar-refractivity contribution in [3.63, 3.8) is 0 Å². The summed E-state index contributed by atoms with van der Waals surface area (Å²) in [5.41, 5.74) is 0. The largest absolute Gasteiger partial charge is 0.673 e. The van der Waals surface area contributed by atoms with Crippen molar-refractivity contribution in [2.75, 3.05) is 0 Å². The Labute approximate surface area is 111 Å². The summed E-state index contributed by atoms with van der Waals surface area (Å²) in [5.74, 6) is 0. The Hall–Kier alpha value is -0.565. The Kier molecular flexibility index (Phi) is 5.97. The average molecular weight is 374 g/mol. The standard InChI is InChI=1S/C10H8IS.BF4/c1-2-5-9(6-3-1)11-10-7-4-8-12-10;2-1(3,4)5/h1-8H;/q+1;-1. The maximum absolute atomic E-state index is 9.75. The first-order valence-corrected chi connectivity index (χ1v) is 7.59. The quantitative estimate of drug-likeness (QED) is 0.421. The van der Waals surface area contributed by atoms with Crippen LogP contribution >= 0.6 is 11.3 Å². The third-order valence-corrected chi connectivity index (χ3v) is 5.59. The minimum atomic E-state index is -6.00. The SMILES string of the molecule is F[B-](F)(F)F.c1ccc([I+]c2cccs2)cc1. The first-order valence-electron chi connectivity index (χ1n) is 4.56. The second kappa shape index (κ2) is 7.00. The molecule has 0 aliphatic rings. The molecule has 2 aromatic rings. The van der Waals surface area contributed by atoms with Crippen LogP contribution in [0.5, 0.6) is 0 Å². The second-order valence-corrected chi connectivity index (χ2v) is 7.43. The zero-order chi connectivity index (χ0) is 12.7. The van der Waals surface area contributed by atoms with Gasteiger partial charge in [0, 0.05) is 6.07 Å². The van der Waals surface area contributed by atoms with E-state index in [1.807, 2.05) is 11.3 Å². The summed E-state index contributed by atoms with van der Waals surface area (Å²) < 4.78 is 42.0. The zero-order valence-corrected chi connectivity index (χ0v) is 11.5. The maximum Gasteiger partial charge on any atom is 0.673 e. The molecule has 1 heterocycles. The number of hydrogen-bond acceptors (Lipinski definition) is 1. The molecule has 0 aliphatic carbocycles. The van der Waals surface area contributed by atoms with Crippen LogP contribution in [0.25, 0.3) is 0 Å². The lowest BCUT2D eigenvalue weighted by atomic mass is 10.3. The summed E-state index contributed by atoms with van der Waals surface area (Å²) in [7, 11) is -6.00. The van der Waals surface area contributed by atoms with E-state index in [1.54, 1.807) is 2.88 Å². The van der Waals surface area contributed by atoms with Crippen LogP contribution in [0.4, 0.5) is 17.3 Å². The van der Waals surface area contributed by atoms with Crippen LogP contribution < -0.4 is 21.2 Å². The van der Waals surface area contributed by atoms with Crippen LogP contribution in [0.2, 0.25) is 0 Å². The van der Waals surface area contributed by atoms with Crippen molar-refractivity contribution < 1.29 is 38.5 Å². The lowest BCUT2D eigenvalue weighted by Crippen LogP contribution is -3.61. The molecule has 0 spiro atoms. The van der Waals surface area contributed by atoms with E-state index in [0.29, 0.717) is 0 Å². The molecule has 1 aromatic carbocycles. The monoisotopic (exact) mass is 374 g/mol. The van der Waals surface area contributed by atoms with Crippen LogP contribution in [0.1, 0.15) is 0 Å². The van der Waals surface area contributed by atoms with Gasteiger partial charge < -0.3 is 17.3 Å². The van der Waals surface area contributed by atoms with Gasteiger partial charge in [0.15, 0.2) is 3.57 Å².